The molecule has 2 heterocycles. The second-order valence-electron chi connectivity index (χ2n) is 4.95. The lowest BCUT2D eigenvalue weighted by atomic mass is 10.1. The van der Waals surface area contributed by atoms with Crippen LogP contribution in [-0.4, -0.2) is 18.1 Å². The summed E-state index contributed by atoms with van der Waals surface area (Å²) < 4.78 is 5.57. The molecule has 1 saturated heterocycles. The Bertz CT molecular complexity index is 553. The van der Waals surface area contributed by atoms with Crippen LogP contribution in [0.15, 0.2) is 18.2 Å². The highest BCUT2D eigenvalue weighted by molar-refractivity contribution is 5.86. The van der Waals surface area contributed by atoms with Crippen molar-refractivity contribution in [1.29, 1.82) is 0 Å². The molecule has 1 aromatic heterocycles. The Morgan fingerprint density at radius 3 is 3.00 bits per heavy atom. The number of rotatable bonds is 3. The Kier molecular flexibility index (Phi) is 3.00. The smallest absolute Gasteiger partial charge is 0.120 e. The largest absolute Gasteiger partial charge is 0.494 e. The number of aromatic nitrogens is 1. The summed E-state index contributed by atoms with van der Waals surface area (Å²) in [4.78, 5) is 3.56. The van der Waals surface area contributed by atoms with Crippen molar-refractivity contribution in [2.24, 2.45) is 0 Å². The fourth-order valence-electron chi connectivity index (χ4n) is 2.86. The van der Waals surface area contributed by atoms with E-state index in [4.69, 9.17) is 4.74 Å². The lowest BCUT2D eigenvalue weighted by Crippen LogP contribution is -2.13. The Morgan fingerprint density at radius 2 is 2.28 bits per heavy atom. The van der Waals surface area contributed by atoms with Gasteiger partial charge in [0.25, 0.3) is 0 Å². The van der Waals surface area contributed by atoms with Crippen LogP contribution in [-0.2, 0) is 0 Å². The first kappa shape index (κ1) is 11.6. The minimum absolute atomic E-state index is 0.493. The predicted molar refractivity (Wildman–Crippen MR) is 74.2 cm³/mol. The maximum absolute atomic E-state index is 5.57. The van der Waals surface area contributed by atoms with Crippen molar-refractivity contribution in [3.8, 4) is 5.75 Å². The monoisotopic (exact) mass is 244 g/mol. The van der Waals surface area contributed by atoms with Gasteiger partial charge in [-0.05, 0) is 57.0 Å². The highest BCUT2D eigenvalue weighted by atomic mass is 16.5. The fraction of sp³-hybridized carbons (Fsp3) is 0.467. The molecule has 2 N–H and O–H groups in total. The standard InChI is InChI=1S/C15H20N2O/c1-3-18-11-6-7-13-12(9-11)10(2)15(17-13)14-5-4-8-16-14/h6-7,9,14,16-17H,3-5,8H2,1-2H3. The number of ether oxygens (including phenoxy) is 1. The minimum Gasteiger partial charge on any atom is -0.494 e. The molecule has 1 unspecified atom stereocenters. The van der Waals surface area contributed by atoms with Gasteiger partial charge < -0.3 is 15.0 Å². The van der Waals surface area contributed by atoms with Gasteiger partial charge in [0.1, 0.15) is 5.75 Å². The van der Waals surface area contributed by atoms with Gasteiger partial charge in [-0.2, -0.15) is 0 Å². The summed E-state index contributed by atoms with van der Waals surface area (Å²) in [6, 6.07) is 6.79. The van der Waals surface area contributed by atoms with E-state index in [0.29, 0.717) is 12.6 Å². The molecule has 2 aromatic rings. The molecule has 0 saturated carbocycles. The first-order valence-electron chi connectivity index (χ1n) is 6.78. The van der Waals surface area contributed by atoms with Gasteiger partial charge in [-0.1, -0.05) is 0 Å². The van der Waals surface area contributed by atoms with Crippen molar-refractivity contribution in [3.05, 3.63) is 29.5 Å². The Morgan fingerprint density at radius 1 is 1.39 bits per heavy atom. The fourth-order valence-corrected chi connectivity index (χ4v) is 2.86. The molecule has 3 heteroatoms. The second kappa shape index (κ2) is 4.65. The molecule has 1 aliphatic rings. The number of hydrogen-bond acceptors (Lipinski definition) is 2. The first-order valence-corrected chi connectivity index (χ1v) is 6.78. The van der Waals surface area contributed by atoms with E-state index < -0.39 is 0 Å². The summed E-state index contributed by atoms with van der Waals surface area (Å²) in [5.74, 6) is 0.957. The van der Waals surface area contributed by atoms with E-state index in [9.17, 15) is 0 Å². The van der Waals surface area contributed by atoms with Gasteiger partial charge in [-0.25, -0.2) is 0 Å². The first-order chi connectivity index (χ1) is 8.79. The molecule has 1 fully saturated rings. The third-order valence-electron chi connectivity index (χ3n) is 3.79. The van der Waals surface area contributed by atoms with E-state index in [-0.39, 0.29) is 0 Å². The number of H-pyrrole nitrogens is 1. The highest BCUT2D eigenvalue weighted by Gasteiger charge is 2.21. The second-order valence-corrected chi connectivity index (χ2v) is 4.95. The van der Waals surface area contributed by atoms with Gasteiger partial charge in [0.15, 0.2) is 0 Å². The molecular weight excluding hydrogens is 224 g/mol. The minimum atomic E-state index is 0.493. The summed E-state index contributed by atoms with van der Waals surface area (Å²) in [5.41, 5.74) is 3.90. The van der Waals surface area contributed by atoms with E-state index in [1.54, 1.807) is 0 Å². The summed E-state index contributed by atoms with van der Waals surface area (Å²) in [5, 5.41) is 4.83. The molecule has 1 aromatic carbocycles. The van der Waals surface area contributed by atoms with Crippen molar-refractivity contribution in [2.75, 3.05) is 13.2 Å². The number of hydrogen-bond donors (Lipinski definition) is 2. The quantitative estimate of drug-likeness (QED) is 0.869. The van der Waals surface area contributed by atoms with Crippen LogP contribution in [0.3, 0.4) is 0 Å². The van der Waals surface area contributed by atoms with E-state index in [2.05, 4.69) is 29.4 Å². The average Bonchev–Trinajstić information content (AvgIpc) is 2.99. The number of aryl methyl sites for hydroxylation is 1. The molecule has 1 aliphatic heterocycles. The van der Waals surface area contributed by atoms with Crippen molar-refractivity contribution in [3.63, 3.8) is 0 Å². The Hall–Kier alpha value is -1.48. The zero-order valence-corrected chi connectivity index (χ0v) is 11.0. The maximum atomic E-state index is 5.57. The lowest BCUT2D eigenvalue weighted by Gasteiger charge is -2.09. The summed E-state index contributed by atoms with van der Waals surface area (Å²) in [6.45, 7) is 6.06. The van der Waals surface area contributed by atoms with Crippen LogP contribution in [0.1, 0.15) is 37.1 Å². The highest BCUT2D eigenvalue weighted by Crippen LogP contribution is 2.32. The van der Waals surface area contributed by atoms with Crippen LogP contribution in [0.5, 0.6) is 5.75 Å². The van der Waals surface area contributed by atoms with Crippen molar-refractivity contribution in [1.82, 2.24) is 10.3 Å². The number of nitrogens with one attached hydrogen (secondary N) is 2. The van der Waals surface area contributed by atoms with E-state index >= 15 is 0 Å². The van der Waals surface area contributed by atoms with Crippen LogP contribution in [0.25, 0.3) is 10.9 Å². The van der Waals surface area contributed by atoms with Crippen LogP contribution in [0, 0.1) is 6.92 Å². The third kappa shape index (κ3) is 1.89. The SMILES string of the molecule is CCOc1ccc2[nH]c(C3CCCN3)c(C)c2c1. The van der Waals surface area contributed by atoms with Crippen LogP contribution in [0.4, 0.5) is 0 Å². The lowest BCUT2D eigenvalue weighted by molar-refractivity contribution is 0.340. The molecule has 0 aliphatic carbocycles. The van der Waals surface area contributed by atoms with Gasteiger partial charge in [-0.3, -0.25) is 0 Å². The molecule has 0 spiro atoms. The van der Waals surface area contributed by atoms with Crippen molar-refractivity contribution < 1.29 is 4.74 Å². The van der Waals surface area contributed by atoms with Gasteiger partial charge in [0.05, 0.1) is 6.61 Å². The van der Waals surface area contributed by atoms with E-state index in [1.807, 2.05) is 13.0 Å². The summed E-state index contributed by atoms with van der Waals surface area (Å²) in [6.07, 6.45) is 2.50. The zero-order chi connectivity index (χ0) is 12.5. The molecule has 3 rings (SSSR count). The summed E-state index contributed by atoms with van der Waals surface area (Å²) in [7, 11) is 0. The summed E-state index contributed by atoms with van der Waals surface area (Å²) >= 11 is 0. The van der Waals surface area contributed by atoms with Crippen molar-refractivity contribution >= 4 is 10.9 Å². The van der Waals surface area contributed by atoms with Gasteiger partial charge in [0.2, 0.25) is 0 Å². The van der Waals surface area contributed by atoms with Gasteiger partial charge >= 0.3 is 0 Å². The van der Waals surface area contributed by atoms with Crippen LogP contribution < -0.4 is 10.1 Å². The Balaban J connectivity index is 2.04. The molecular formula is C15H20N2O. The molecule has 18 heavy (non-hydrogen) atoms. The van der Waals surface area contributed by atoms with Crippen LogP contribution in [0.2, 0.25) is 0 Å². The zero-order valence-electron chi connectivity index (χ0n) is 11.0. The molecule has 1 atom stereocenters. The molecule has 0 radical (unpaired) electrons. The number of benzene rings is 1. The van der Waals surface area contributed by atoms with E-state index in [1.165, 1.54) is 35.0 Å². The number of fused-ring (bicyclic) bond motifs is 1. The normalized spacial score (nSPS) is 19.6. The maximum Gasteiger partial charge on any atom is 0.120 e. The van der Waals surface area contributed by atoms with E-state index in [0.717, 1.165) is 12.3 Å². The number of aromatic amines is 1. The van der Waals surface area contributed by atoms with Gasteiger partial charge in [0, 0.05) is 22.6 Å². The van der Waals surface area contributed by atoms with Crippen LogP contribution >= 0.6 is 0 Å². The molecule has 0 amide bonds. The average molecular weight is 244 g/mol. The van der Waals surface area contributed by atoms with Gasteiger partial charge in [-0.15, -0.1) is 0 Å². The molecule has 3 nitrogen and oxygen atoms in total. The molecule has 96 valence electrons. The Labute approximate surface area is 108 Å². The topological polar surface area (TPSA) is 37.0 Å². The van der Waals surface area contributed by atoms with Crippen molar-refractivity contribution in [2.45, 2.75) is 32.7 Å². The molecule has 0 bridgehead atoms. The third-order valence-corrected chi connectivity index (χ3v) is 3.79. The predicted octanol–water partition coefficient (Wildman–Crippen LogP) is 3.30.